The average Bonchev–Trinajstić information content (AvgIpc) is 3.07. The third-order valence-electron chi connectivity index (χ3n) is 4.38. The molecule has 104 valence electrons. The quantitative estimate of drug-likeness (QED) is 0.905. The van der Waals surface area contributed by atoms with Crippen molar-refractivity contribution in [2.45, 2.75) is 31.7 Å². The van der Waals surface area contributed by atoms with Gasteiger partial charge in [0, 0.05) is 49.9 Å². The van der Waals surface area contributed by atoms with Crippen molar-refractivity contribution in [3.63, 3.8) is 0 Å². The van der Waals surface area contributed by atoms with Crippen LogP contribution in [0.4, 0.5) is 0 Å². The van der Waals surface area contributed by atoms with Gasteiger partial charge in [-0.25, -0.2) is 0 Å². The van der Waals surface area contributed by atoms with Crippen LogP contribution in [0.3, 0.4) is 0 Å². The summed E-state index contributed by atoms with van der Waals surface area (Å²) in [5.74, 6) is 0.742. The Morgan fingerprint density at radius 2 is 2.30 bits per heavy atom. The zero-order valence-electron chi connectivity index (χ0n) is 11.6. The maximum Gasteiger partial charge on any atom is 0.270 e. The molecular formula is C15H18N4O. The highest BCUT2D eigenvalue weighted by Crippen LogP contribution is 2.42. The molecule has 5 nitrogen and oxygen atoms in total. The molecule has 1 saturated carbocycles. The van der Waals surface area contributed by atoms with Gasteiger partial charge < -0.3 is 9.47 Å². The molecule has 1 aliphatic heterocycles. The number of aryl methyl sites for hydroxylation is 1. The van der Waals surface area contributed by atoms with E-state index in [0.29, 0.717) is 12.5 Å². The second-order valence-corrected chi connectivity index (χ2v) is 5.82. The van der Waals surface area contributed by atoms with E-state index < -0.39 is 0 Å². The van der Waals surface area contributed by atoms with Crippen LogP contribution in [0.15, 0.2) is 18.3 Å². The Hall–Kier alpha value is -2.04. The highest BCUT2D eigenvalue weighted by atomic mass is 16.2. The van der Waals surface area contributed by atoms with Crippen LogP contribution in [0, 0.1) is 0 Å². The van der Waals surface area contributed by atoms with Crippen molar-refractivity contribution in [2.75, 3.05) is 6.54 Å². The molecule has 2 aromatic rings. The zero-order valence-corrected chi connectivity index (χ0v) is 11.6. The van der Waals surface area contributed by atoms with E-state index in [2.05, 4.69) is 10.2 Å². The Labute approximate surface area is 117 Å². The van der Waals surface area contributed by atoms with E-state index in [1.165, 1.54) is 29.8 Å². The SMILES string of the molecule is Cn1cccc1C(=O)N1CCc2[nH]nc(C3CC3)c2C1. The van der Waals surface area contributed by atoms with Gasteiger partial charge in [-0.1, -0.05) is 0 Å². The molecule has 0 unspecified atom stereocenters. The molecule has 3 heterocycles. The number of carbonyl (C=O) groups excluding carboxylic acids is 1. The normalized spacial score (nSPS) is 18.1. The number of amides is 1. The molecule has 4 rings (SSSR count). The van der Waals surface area contributed by atoms with Gasteiger partial charge in [-0.3, -0.25) is 9.89 Å². The number of hydrogen-bond acceptors (Lipinski definition) is 2. The minimum absolute atomic E-state index is 0.117. The number of carbonyl (C=O) groups is 1. The second kappa shape index (κ2) is 4.23. The molecular weight excluding hydrogens is 252 g/mol. The molecule has 20 heavy (non-hydrogen) atoms. The van der Waals surface area contributed by atoms with Crippen LogP contribution in [-0.4, -0.2) is 32.1 Å². The maximum absolute atomic E-state index is 12.6. The van der Waals surface area contributed by atoms with Crippen molar-refractivity contribution >= 4 is 5.91 Å². The summed E-state index contributed by atoms with van der Waals surface area (Å²) in [4.78, 5) is 14.5. The summed E-state index contributed by atoms with van der Waals surface area (Å²) in [6.45, 7) is 1.46. The molecule has 0 saturated heterocycles. The number of rotatable bonds is 2. The second-order valence-electron chi connectivity index (χ2n) is 5.82. The molecule has 0 atom stereocenters. The summed E-state index contributed by atoms with van der Waals surface area (Å²) in [6.07, 6.45) is 5.27. The van der Waals surface area contributed by atoms with E-state index in [0.717, 1.165) is 18.7 Å². The standard InChI is InChI=1S/C15H18N4O/c1-18-7-2-3-13(18)15(20)19-8-6-12-11(9-19)14(17-16-12)10-4-5-10/h2-3,7,10H,4-6,8-9H2,1H3,(H,16,17). The highest BCUT2D eigenvalue weighted by molar-refractivity contribution is 5.92. The molecule has 0 spiro atoms. The van der Waals surface area contributed by atoms with Gasteiger partial charge in [0.2, 0.25) is 0 Å². The van der Waals surface area contributed by atoms with E-state index in [-0.39, 0.29) is 5.91 Å². The Morgan fingerprint density at radius 3 is 3.00 bits per heavy atom. The van der Waals surface area contributed by atoms with E-state index in [9.17, 15) is 4.79 Å². The number of hydrogen-bond donors (Lipinski definition) is 1. The van der Waals surface area contributed by atoms with Crippen LogP contribution in [0.5, 0.6) is 0 Å². The van der Waals surface area contributed by atoms with Crippen molar-refractivity contribution in [3.05, 3.63) is 41.0 Å². The lowest BCUT2D eigenvalue weighted by atomic mass is 10.0. The van der Waals surface area contributed by atoms with Gasteiger partial charge in [-0.05, 0) is 25.0 Å². The molecule has 1 amide bonds. The van der Waals surface area contributed by atoms with Crippen molar-refractivity contribution in [1.82, 2.24) is 19.7 Å². The summed E-state index contributed by atoms with van der Waals surface area (Å²) >= 11 is 0. The smallest absolute Gasteiger partial charge is 0.270 e. The zero-order chi connectivity index (χ0) is 13.7. The lowest BCUT2D eigenvalue weighted by molar-refractivity contribution is 0.0724. The summed E-state index contributed by atoms with van der Waals surface area (Å²) in [7, 11) is 1.91. The van der Waals surface area contributed by atoms with Gasteiger partial charge in [0.1, 0.15) is 5.69 Å². The molecule has 0 bridgehead atoms. The van der Waals surface area contributed by atoms with Gasteiger partial charge in [0.25, 0.3) is 5.91 Å². The van der Waals surface area contributed by atoms with Crippen molar-refractivity contribution in [3.8, 4) is 0 Å². The largest absolute Gasteiger partial charge is 0.347 e. The van der Waals surface area contributed by atoms with Crippen LogP contribution < -0.4 is 0 Å². The molecule has 1 aliphatic carbocycles. The van der Waals surface area contributed by atoms with E-state index >= 15 is 0 Å². The maximum atomic E-state index is 12.6. The number of nitrogens with one attached hydrogen (secondary N) is 1. The number of fused-ring (bicyclic) bond motifs is 1. The number of H-pyrrole nitrogens is 1. The monoisotopic (exact) mass is 270 g/mol. The van der Waals surface area contributed by atoms with Crippen LogP contribution in [0.25, 0.3) is 0 Å². The van der Waals surface area contributed by atoms with Crippen molar-refractivity contribution in [1.29, 1.82) is 0 Å². The Bertz CT molecular complexity index is 665. The van der Waals surface area contributed by atoms with Gasteiger partial charge in [-0.15, -0.1) is 0 Å². The third-order valence-corrected chi connectivity index (χ3v) is 4.38. The molecule has 0 radical (unpaired) electrons. The van der Waals surface area contributed by atoms with E-state index in [1.54, 1.807) is 0 Å². The molecule has 1 N–H and O–H groups in total. The molecule has 2 aliphatic rings. The fraction of sp³-hybridized carbons (Fsp3) is 0.467. The first-order valence-electron chi connectivity index (χ1n) is 7.20. The summed E-state index contributed by atoms with van der Waals surface area (Å²) < 4.78 is 1.88. The predicted molar refractivity (Wildman–Crippen MR) is 74.4 cm³/mol. The molecule has 1 fully saturated rings. The Kier molecular flexibility index (Phi) is 2.49. The molecule has 0 aromatic carbocycles. The van der Waals surface area contributed by atoms with Gasteiger partial charge in [0.15, 0.2) is 0 Å². The average molecular weight is 270 g/mol. The van der Waals surface area contributed by atoms with Gasteiger partial charge >= 0.3 is 0 Å². The number of aromatic amines is 1. The lowest BCUT2D eigenvalue weighted by Gasteiger charge is -2.27. The van der Waals surface area contributed by atoms with Crippen LogP contribution >= 0.6 is 0 Å². The minimum atomic E-state index is 0.117. The number of nitrogens with zero attached hydrogens (tertiary/aromatic N) is 3. The fourth-order valence-corrected chi connectivity index (χ4v) is 3.03. The van der Waals surface area contributed by atoms with Crippen LogP contribution in [0.2, 0.25) is 0 Å². The Balaban J connectivity index is 1.61. The number of aromatic nitrogens is 3. The van der Waals surface area contributed by atoms with Gasteiger partial charge in [-0.2, -0.15) is 5.10 Å². The lowest BCUT2D eigenvalue weighted by Crippen LogP contribution is -2.36. The summed E-state index contributed by atoms with van der Waals surface area (Å²) in [5, 5.41) is 7.63. The summed E-state index contributed by atoms with van der Waals surface area (Å²) in [5.41, 5.74) is 4.44. The van der Waals surface area contributed by atoms with E-state index in [1.807, 2.05) is 34.8 Å². The van der Waals surface area contributed by atoms with E-state index in [4.69, 9.17) is 0 Å². The minimum Gasteiger partial charge on any atom is -0.347 e. The topological polar surface area (TPSA) is 53.9 Å². The van der Waals surface area contributed by atoms with Crippen LogP contribution in [0.1, 0.15) is 46.2 Å². The van der Waals surface area contributed by atoms with Crippen LogP contribution in [-0.2, 0) is 20.0 Å². The molecule has 5 heteroatoms. The summed E-state index contributed by atoms with van der Waals surface area (Å²) in [6, 6.07) is 3.80. The third kappa shape index (κ3) is 1.77. The van der Waals surface area contributed by atoms with Gasteiger partial charge in [0.05, 0.1) is 5.69 Å². The van der Waals surface area contributed by atoms with Crippen molar-refractivity contribution < 1.29 is 4.79 Å². The van der Waals surface area contributed by atoms with Crippen molar-refractivity contribution in [2.24, 2.45) is 7.05 Å². The highest BCUT2D eigenvalue weighted by Gasteiger charge is 2.33. The fourth-order valence-electron chi connectivity index (χ4n) is 3.03. The first-order valence-corrected chi connectivity index (χ1v) is 7.20. The first kappa shape index (κ1) is 11.8. The predicted octanol–water partition coefficient (Wildman–Crippen LogP) is 1.82. The first-order chi connectivity index (χ1) is 9.74. The Morgan fingerprint density at radius 1 is 1.45 bits per heavy atom. The molecule has 2 aromatic heterocycles.